The molecule has 0 unspecified atom stereocenters. The Morgan fingerprint density at radius 3 is 2.78 bits per heavy atom. The summed E-state index contributed by atoms with van der Waals surface area (Å²) < 4.78 is 0. The van der Waals surface area contributed by atoms with Crippen LogP contribution in [0.2, 0.25) is 5.02 Å². The first-order chi connectivity index (χ1) is 8.72. The largest absolute Gasteiger partial charge is 0.354 e. The van der Waals surface area contributed by atoms with E-state index in [1.807, 2.05) is 12.1 Å². The second-order valence-electron chi connectivity index (χ2n) is 3.98. The molecule has 0 fully saturated rings. The van der Waals surface area contributed by atoms with Gasteiger partial charge in [-0.15, -0.1) is 0 Å². The number of halogens is 1. The van der Waals surface area contributed by atoms with Gasteiger partial charge in [0.05, 0.1) is 11.3 Å². The number of hydrogen-bond acceptors (Lipinski definition) is 2. The predicted octanol–water partition coefficient (Wildman–Crippen LogP) is 4.52. The van der Waals surface area contributed by atoms with Crippen molar-refractivity contribution in [1.29, 1.82) is 5.26 Å². The third-order valence-corrected chi connectivity index (χ3v) is 2.95. The first kappa shape index (κ1) is 12.5. The Morgan fingerprint density at radius 1 is 1.22 bits per heavy atom. The fraction of sp³-hybridized carbons (Fsp3) is 0.133. The summed E-state index contributed by atoms with van der Waals surface area (Å²) >= 11 is 5.95. The molecule has 0 amide bonds. The second kappa shape index (κ2) is 5.57. The summed E-state index contributed by atoms with van der Waals surface area (Å²) in [6, 6.07) is 15.5. The van der Waals surface area contributed by atoms with Crippen molar-refractivity contribution in [2.75, 3.05) is 5.32 Å². The number of aryl methyl sites for hydroxylation is 1. The van der Waals surface area contributed by atoms with Crippen molar-refractivity contribution in [1.82, 2.24) is 0 Å². The Balaban J connectivity index is 2.33. The highest BCUT2D eigenvalue weighted by Crippen LogP contribution is 2.24. The molecule has 0 bridgehead atoms. The summed E-state index contributed by atoms with van der Waals surface area (Å²) in [5.41, 5.74) is 3.54. The van der Waals surface area contributed by atoms with Gasteiger partial charge in [0.25, 0.3) is 0 Å². The molecule has 0 aliphatic heterocycles. The average Bonchev–Trinajstić information content (AvgIpc) is 2.39. The minimum Gasteiger partial charge on any atom is -0.354 e. The summed E-state index contributed by atoms with van der Waals surface area (Å²) in [7, 11) is 0. The fourth-order valence-electron chi connectivity index (χ4n) is 1.74. The molecule has 2 nitrogen and oxygen atoms in total. The van der Waals surface area contributed by atoms with Crippen LogP contribution in [-0.4, -0.2) is 0 Å². The van der Waals surface area contributed by atoms with E-state index in [2.05, 4.69) is 30.4 Å². The molecule has 90 valence electrons. The van der Waals surface area contributed by atoms with Gasteiger partial charge in [-0.05, 0) is 42.3 Å². The highest BCUT2D eigenvalue weighted by Gasteiger charge is 2.03. The molecule has 0 heterocycles. The van der Waals surface area contributed by atoms with E-state index in [-0.39, 0.29) is 0 Å². The highest BCUT2D eigenvalue weighted by atomic mass is 35.5. The van der Waals surface area contributed by atoms with Crippen LogP contribution in [0.4, 0.5) is 11.4 Å². The van der Waals surface area contributed by atoms with Crippen molar-refractivity contribution in [3.63, 3.8) is 0 Å². The zero-order valence-corrected chi connectivity index (χ0v) is 10.8. The molecule has 0 radical (unpaired) electrons. The van der Waals surface area contributed by atoms with Gasteiger partial charge in [0.1, 0.15) is 6.07 Å². The van der Waals surface area contributed by atoms with Crippen LogP contribution in [-0.2, 0) is 6.42 Å². The van der Waals surface area contributed by atoms with Gasteiger partial charge in [-0.2, -0.15) is 5.26 Å². The number of hydrogen-bond donors (Lipinski definition) is 1. The van der Waals surface area contributed by atoms with E-state index in [4.69, 9.17) is 16.9 Å². The van der Waals surface area contributed by atoms with Crippen LogP contribution in [0.1, 0.15) is 18.1 Å². The van der Waals surface area contributed by atoms with Crippen molar-refractivity contribution in [3.05, 3.63) is 58.6 Å². The molecule has 0 saturated heterocycles. The van der Waals surface area contributed by atoms with Gasteiger partial charge >= 0.3 is 0 Å². The number of nitriles is 1. The Bertz CT molecular complexity index is 600. The van der Waals surface area contributed by atoms with Crippen LogP contribution < -0.4 is 5.32 Å². The van der Waals surface area contributed by atoms with Crippen LogP contribution in [0.5, 0.6) is 0 Å². The smallest absolute Gasteiger partial charge is 0.101 e. The van der Waals surface area contributed by atoms with E-state index in [1.165, 1.54) is 5.56 Å². The number of anilines is 2. The molecule has 0 atom stereocenters. The monoisotopic (exact) mass is 256 g/mol. The molecular formula is C15H13ClN2. The van der Waals surface area contributed by atoms with Crippen LogP contribution in [0.25, 0.3) is 0 Å². The number of nitrogens with zero attached hydrogens (tertiary/aromatic N) is 1. The zero-order valence-electron chi connectivity index (χ0n) is 10.1. The van der Waals surface area contributed by atoms with Gasteiger partial charge in [-0.25, -0.2) is 0 Å². The van der Waals surface area contributed by atoms with Gasteiger partial charge in [0, 0.05) is 10.7 Å². The first-order valence-corrected chi connectivity index (χ1v) is 6.16. The minimum absolute atomic E-state index is 0.585. The van der Waals surface area contributed by atoms with Crippen LogP contribution in [0.3, 0.4) is 0 Å². The van der Waals surface area contributed by atoms with E-state index >= 15 is 0 Å². The maximum atomic E-state index is 9.06. The molecule has 1 N–H and O–H groups in total. The quantitative estimate of drug-likeness (QED) is 0.877. The lowest BCUT2D eigenvalue weighted by atomic mass is 10.1. The topological polar surface area (TPSA) is 35.8 Å². The van der Waals surface area contributed by atoms with Crippen LogP contribution in [0.15, 0.2) is 42.5 Å². The number of rotatable bonds is 3. The first-order valence-electron chi connectivity index (χ1n) is 5.78. The van der Waals surface area contributed by atoms with Gasteiger partial charge in [0.2, 0.25) is 0 Å². The lowest BCUT2D eigenvalue weighted by Gasteiger charge is -2.09. The molecule has 2 aromatic rings. The molecular weight excluding hydrogens is 244 g/mol. The van der Waals surface area contributed by atoms with Gasteiger partial charge in [0.15, 0.2) is 0 Å². The van der Waals surface area contributed by atoms with E-state index in [0.717, 1.165) is 17.8 Å². The Hall–Kier alpha value is -1.98. The van der Waals surface area contributed by atoms with E-state index in [9.17, 15) is 0 Å². The minimum atomic E-state index is 0.585. The summed E-state index contributed by atoms with van der Waals surface area (Å²) in [6.07, 6.45) is 0.982. The lowest BCUT2D eigenvalue weighted by molar-refractivity contribution is 1.14. The molecule has 0 spiro atoms. The molecule has 0 aromatic heterocycles. The molecule has 0 saturated carbocycles. The molecule has 18 heavy (non-hydrogen) atoms. The zero-order chi connectivity index (χ0) is 13.0. The maximum absolute atomic E-state index is 9.06. The Labute approximate surface area is 112 Å². The van der Waals surface area contributed by atoms with Crippen molar-refractivity contribution >= 4 is 23.0 Å². The predicted molar refractivity (Wildman–Crippen MR) is 75.3 cm³/mol. The SMILES string of the molecule is CCc1cccc(Nc2cc(Cl)ccc2C#N)c1. The van der Waals surface area contributed by atoms with E-state index in [0.29, 0.717) is 10.6 Å². The molecule has 3 heteroatoms. The van der Waals surface area contributed by atoms with Crippen molar-refractivity contribution in [2.24, 2.45) is 0 Å². The lowest BCUT2D eigenvalue weighted by Crippen LogP contribution is -1.94. The normalized spacial score (nSPS) is 9.83. The second-order valence-corrected chi connectivity index (χ2v) is 4.42. The van der Waals surface area contributed by atoms with Gasteiger partial charge < -0.3 is 5.32 Å². The standard InChI is InChI=1S/C15H13ClN2/c1-2-11-4-3-5-14(8-11)18-15-9-13(16)7-6-12(15)10-17/h3-9,18H,2H2,1H3. The Morgan fingerprint density at radius 2 is 2.06 bits per heavy atom. The maximum Gasteiger partial charge on any atom is 0.101 e. The van der Waals surface area contributed by atoms with Gasteiger partial charge in [-0.1, -0.05) is 30.7 Å². The Kier molecular flexibility index (Phi) is 3.86. The molecule has 2 rings (SSSR count). The summed E-state index contributed by atoms with van der Waals surface area (Å²) in [5, 5.41) is 12.9. The van der Waals surface area contributed by atoms with Crippen LogP contribution in [0, 0.1) is 11.3 Å². The molecule has 0 aliphatic carbocycles. The van der Waals surface area contributed by atoms with Crippen molar-refractivity contribution in [3.8, 4) is 6.07 Å². The summed E-state index contributed by atoms with van der Waals surface area (Å²) in [4.78, 5) is 0. The van der Waals surface area contributed by atoms with Crippen LogP contribution >= 0.6 is 11.6 Å². The average molecular weight is 257 g/mol. The summed E-state index contributed by atoms with van der Waals surface area (Å²) in [6.45, 7) is 2.11. The van der Waals surface area contributed by atoms with Crippen molar-refractivity contribution < 1.29 is 0 Å². The van der Waals surface area contributed by atoms with E-state index < -0.39 is 0 Å². The third kappa shape index (κ3) is 2.82. The number of benzene rings is 2. The van der Waals surface area contributed by atoms with Crippen molar-refractivity contribution in [2.45, 2.75) is 13.3 Å². The fourth-order valence-corrected chi connectivity index (χ4v) is 1.91. The molecule has 0 aliphatic rings. The highest BCUT2D eigenvalue weighted by molar-refractivity contribution is 6.30. The third-order valence-electron chi connectivity index (χ3n) is 2.72. The van der Waals surface area contributed by atoms with Gasteiger partial charge in [-0.3, -0.25) is 0 Å². The molecule has 2 aromatic carbocycles. The summed E-state index contributed by atoms with van der Waals surface area (Å²) in [5.74, 6) is 0. The van der Waals surface area contributed by atoms with E-state index in [1.54, 1.807) is 18.2 Å². The number of nitrogens with one attached hydrogen (secondary N) is 1.